The van der Waals surface area contributed by atoms with Crippen molar-refractivity contribution in [1.29, 1.82) is 0 Å². The molecule has 110 valence electrons. The Balaban J connectivity index is 2.00. The number of rotatable bonds is 11. The summed E-state index contributed by atoms with van der Waals surface area (Å²) >= 11 is 1.74. The highest BCUT2D eigenvalue weighted by Gasteiger charge is 2.06. The Bertz CT molecular complexity index is 319. The number of thiazole rings is 1. The SMILES string of the molecule is CCCC(CCN)CCCNCCc1csc(C)n1. The fourth-order valence-corrected chi connectivity index (χ4v) is 3.10. The Morgan fingerprint density at radius 1 is 1.32 bits per heavy atom. The zero-order valence-electron chi connectivity index (χ0n) is 12.5. The van der Waals surface area contributed by atoms with Gasteiger partial charge in [-0.2, -0.15) is 0 Å². The number of nitrogens with one attached hydrogen (secondary N) is 1. The minimum absolute atomic E-state index is 0.831. The van der Waals surface area contributed by atoms with Crippen LogP contribution in [-0.2, 0) is 6.42 Å². The van der Waals surface area contributed by atoms with Crippen molar-refractivity contribution in [3.8, 4) is 0 Å². The molecule has 1 atom stereocenters. The molecule has 4 heteroatoms. The van der Waals surface area contributed by atoms with Crippen LogP contribution in [0, 0.1) is 12.8 Å². The molecule has 0 fully saturated rings. The van der Waals surface area contributed by atoms with Gasteiger partial charge in [0.15, 0.2) is 0 Å². The van der Waals surface area contributed by atoms with Crippen LogP contribution >= 0.6 is 11.3 Å². The molecule has 1 rings (SSSR count). The van der Waals surface area contributed by atoms with Crippen molar-refractivity contribution >= 4 is 11.3 Å². The summed E-state index contributed by atoms with van der Waals surface area (Å²) in [7, 11) is 0. The molecule has 0 aliphatic heterocycles. The summed E-state index contributed by atoms with van der Waals surface area (Å²) in [6.45, 7) is 7.32. The van der Waals surface area contributed by atoms with Crippen molar-refractivity contribution < 1.29 is 0 Å². The third kappa shape index (κ3) is 7.65. The molecule has 0 saturated heterocycles. The number of hydrogen-bond acceptors (Lipinski definition) is 4. The second-order valence-electron chi connectivity index (χ2n) is 5.23. The molecule has 19 heavy (non-hydrogen) atoms. The van der Waals surface area contributed by atoms with E-state index in [1.807, 2.05) is 0 Å². The number of aryl methyl sites for hydroxylation is 1. The molecular formula is C15H29N3S. The zero-order chi connectivity index (χ0) is 13.9. The van der Waals surface area contributed by atoms with Crippen molar-refractivity contribution in [2.75, 3.05) is 19.6 Å². The average molecular weight is 283 g/mol. The molecule has 0 radical (unpaired) electrons. The Kier molecular flexibility index (Phi) is 9.05. The molecule has 1 aromatic rings. The molecule has 0 aliphatic rings. The van der Waals surface area contributed by atoms with Gasteiger partial charge >= 0.3 is 0 Å². The van der Waals surface area contributed by atoms with Crippen LogP contribution in [0.1, 0.15) is 49.7 Å². The topological polar surface area (TPSA) is 50.9 Å². The molecule has 0 bridgehead atoms. The van der Waals surface area contributed by atoms with Gasteiger partial charge in [0, 0.05) is 18.3 Å². The average Bonchev–Trinajstić information content (AvgIpc) is 2.80. The maximum absolute atomic E-state index is 5.66. The van der Waals surface area contributed by atoms with Gasteiger partial charge in [-0.25, -0.2) is 4.98 Å². The molecule has 0 saturated carbocycles. The van der Waals surface area contributed by atoms with Gasteiger partial charge in [0.2, 0.25) is 0 Å². The third-order valence-electron chi connectivity index (χ3n) is 3.46. The second kappa shape index (κ2) is 10.4. The van der Waals surface area contributed by atoms with Gasteiger partial charge in [-0.1, -0.05) is 19.8 Å². The molecule has 0 aliphatic carbocycles. The van der Waals surface area contributed by atoms with Crippen LogP contribution in [0.2, 0.25) is 0 Å². The zero-order valence-corrected chi connectivity index (χ0v) is 13.3. The lowest BCUT2D eigenvalue weighted by Crippen LogP contribution is -2.19. The van der Waals surface area contributed by atoms with E-state index >= 15 is 0 Å². The number of hydrogen-bond donors (Lipinski definition) is 2. The van der Waals surface area contributed by atoms with Crippen LogP contribution in [0.5, 0.6) is 0 Å². The van der Waals surface area contributed by atoms with Gasteiger partial charge in [0.1, 0.15) is 0 Å². The van der Waals surface area contributed by atoms with Crippen molar-refractivity contribution in [2.45, 2.75) is 52.4 Å². The first-order valence-electron chi connectivity index (χ1n) is 7.58. The smallest absolute Gasteiger partial charge is 0.0897 e. The van der Waals surface area contributed by atoms with E-state index in [0.717, 1.165) is 32.0 Å². The van der Waals surface area contributed by atoms with Gasteiger partial charge in [-0.05, 0) is 45.2 Å². The lowest BCUT2D eigenvalue weighted by Gasteiger charge is -2.14. The molecule has 1 heterocycles. The molecule has 1 unspecified atom stereocenters. The second-order valence-corrected chi connectivity index (χ2v) is 6.29. The molecule has 3 N–H and O–H groups in total. The van der Waals surface area contributed by atoms with Crippen molar-refractivity contribution in [3.05, 3.63) is 16.1 Å². The summed E-state index contributed by atoms with van der Waals surface area (Å²) in [5, 5.41) is 6.84. The van der Waals surface area contributed by atoms with E-state index in [1.165, 1.54) is 42.8 Å². The Labute approximate surface area is 122 Å². The summed E-state index contributed by atoms with van der Waals surface area (Å²) in [6.07, 6.45) is 7.42. The van der Waals surface area contributed by atoms with Crippen LogP contribution in [0.4, 0.5) is 0 Å². The molecular weight excluding hydrogens is 254 g/mol. The van der Waals surface area contributed by atoms with Crippen LogP contribution in [0.15, 0.2) is 5.38 Å². The van der Waals surface area contributed by atoms with Gasteiger partial charge in [0.05, 0.1) is 10.7 Å². The highest BCUT2D eigenvalue weighted by atomic mass is 32.1. The standard InChI is InChI=1S/C15H29N3S/c1-3-5-14(7-9-16)6-4-10-17-11-8-15-12-19-13(2)18-15/h12,14,17H,3-11,16H2,1-2H3. The molecule has 1 aromatic heterocycles. The van der Waals surface area contributed by atoms with E-state index in [2.05, 4.69) is 29.5 Å². The molecule has 0 spiro atoms. The van der Waals surface area contributed by atoms with Crippen molar-refractivity contribution in [2.24, 2.45) is 11.7 Å². The van der Waals surface area contributed by atoms with Gasteiger partial charge in [0.25, 0.3) is 0 Å². The van der Waals surface area contributed by atoms with Crippen LogP contribution in [-0.4, -0.2) is 24.6 Å². The molecule has 3 nitrogen and oxygen atoms in total. The fourth-order valence-electron chi connectivity index (χ4n) is 2.46. The Morgan fingerprint density at radius 2 is 2.16 bits per heavy atom. The highest BCUT2D eigenvalue weighted by molar-refractivity contribution is 7.09. The van der Waals surface area contributed by atoms with E-state index < -0.39 is 0 Å². The summed E-state index contributed by atoms with van der Waals surface area (Å²) in [5.41, 5.74) is 6.88. The van der Waals surface area contributed by atoms with E-state index in [-0.39, 0.29) is 0 Å². The lowest BCUT2D eigenvalue weighted by molar-refractivity contribution is 0.404. The summed E-state index contributed by atoms with van der Waals surface area (Å²) < 4.78 is 0. The van der Waals surface area contributed by atoms with Crippen LogP contribution in [0.3, 0.4) is 0 Å². The number of aromatic nitrogens is 1. The lowest BCUT2D eigenvalue weighted by atomic mass is 9.94. The minimum Gasteiger partial charge on any atom is -0.330 e. The van der Waals surface area contributed by atoms with Gasteiger partial charge in [-0.15, -0.1) is 11.3 Å². The van der Waals surface area contributed by atoms with Crippen molar-refractivity contribution in [3.63, 3.8) is 0 Å². The predicted octanol–water partition coefficient (Wildman–Crippen LogP) is 3.13. The Hall–Kier alpha value is -0.450. The van der Waals surface area contributed by atoms with E-state index in [9.17, 15) is 0 Å². The van der Waals surface area contributed by atoms with E-state index in [1.54, 1.807) is 11.3 Å². The summed E-state index contributed by atoms with van der Waals surface area (Å²) in [6, 6.07) is 0. The van der Waals surface area contributed by atoms with E-state index in [0.29, 0.717) is 0 Å². The van der Waals surface area contributed by atoms with Gasteiger partial charge < -0.3 is 11.1 Å². The largest absolute Gasteiger partial charge is 0.330 e. The fraction of sp³-hybridized carbons (Fsp3) is 0.800. The van der Waals surface area contributed by atoms with E-state index in [4.69, 9.17) is 5.73 Å². The first-order chi connectivity index (χ1) is 9.26. The normalized spacial score (nSPS) is 12.8. The van der Waals surface area contributed by atoms with Crippen LogP contribution < -0.4 is 11.1 Å². The third-order valence-corrected chi connectivity index (χ3v) is 4.28. The van der Waals surface area contributed by atoms with Gasteiger partial charge in [-0.3, -0.25) is 0 Å². The van der Waals surface area contributed by atoms with Crippen molar-refractivity contribution in [1.82, 2.24) is 10.3 Å². The monoisotopic (exact) mass is 283 g/mol. The predicted molar refractivity (Wildman–Crippen MR) is 84.7 cm³/mol. The quantitative estimate of drug-likeness (QED) is 0.613. The maximum atomic E-state index is 5.66. The highest BCUT2D eigenvalue weighted by Crippen LogP contribution is 2.16. The maximum Gasteiger partial charge on any atom is 0.0897 e. The molecule has 0 amide bonds. The minimum atomic E-state index is 0.831. The number of nitrogens with zero attached hydrogens (tertiary/aromatic N) is 1. The van der Waals surface area contributed by atoms with Crippen LogP contribution in [0.25, 0.3) is 0 Å². The Morgan fingerprint density at radius 3 is 2.79 bits per heavy atom. The molecule has 0 aromatic carbocycles. The summed E-state index contributed by atoms with van der Waals surface area (Å²) in [5.74, 6) is 0.831. The first-order valence-corrected chi connectivity index (χ1v) is 8.46. The first kappa shape index (κ1) is 16.6. The summed E-state index contributed by atoms with van der Waals surface area (Å²) in [4.78, 5) is 4.47. The number of nitrogens with two attached hydrogens (primary N) is 1.